The molecule has 0 spiro atoms. The van der Waals surface area contributed by atoms with E-state index in [-0.39, 0.29) is 5.69 Å². The summed E-state index contributed by atoms with van der Waals surface area (Å²) in [6.45, 7) is 0.894. The normalized spacial score (nSPS) is 10.8. The molecule has 0 aliphatic heterocycles. The van der Waals surface area contributed by atoms with Gasteiger partial charge in [0.05, 0.1) is 16.7 Å². The van der Waals surface area contributed by atoms with Crippen LogP contribution < -0.4 is 10.6 Å². The number of imidazole rings is 1. The van der Waals surface area contributed by atoms with E-state index in [4.69, 9.17) is 4.98 Å². The summed E-state index contributed by atoms with van der Waals surface area (Å²) >= 11 is 3.20. The highest BCUT2D eigenvalue weighted by Crippen LogP contribution is 2.24. The van der Waals surface area contributed by atoms with Crippen molar-refractivity contribution in [1.82, 2.24) is 14.9 Å². The summed E-state index contributed by atoms with van der Waals surface area (Å²) in [5.74, 6) is 0.342. The quantitative estimate of drug-likeness (QED) is 0.424. The van der Waals surface area contributed by atoms with Crippen molar-refractivity contribution in [3.05, 3.63) is 83.1 Å². The summed E-state index contributed by atoms with van der Waals surface area (Å²) < 4.78 is 16.6. The molecule has 0 unspecified atom stereocenters. The topological polar surface area (TPSA) is 59.0 Å². The number of rotatable bonds is 5. The molecule has 4 aromatic rings. The number of aromatic nitrogens is 2. The first-order valence-corrected chi connectivity index (χ1v) is 9.92. The first-order chi connectivity index (χ1) is 14.1. The Labute approximate surface area is 175 Å². The van der Waals surface area contributed by atoms with Gasteiger partial charge in [-0.25, -0.2) is 14.2 Å². The van der Waals surface area contributed by atoms with Crippen LogP contribution in [0.4, 0.5) is 14.9 Å². The minimum atomic E-state index is -0.499. The molecule has 29 heavy (non-hydrogen) atoms. The average molecular weight is 453 g/mol. The Balaban J connectivity index is 1.49. The second-order valence-corrected chi connectivity index (χ2v) is 7.36. The van der Waals surface area contributed by atoms with Gasteiger partial charge in [-0.15, -0.1) is 0 Å². The van der Waals surface area contributed by atoms with Gasteiger partial charge in [0.1, 0.15) is 11.6 Å². The molecule has 146 valence electrons. The van der Waals surface area contributed by atoms with Gasteiger partial charge >= 0.3 is 6.03 Å². The molecule has 2 amide bonds. The number of amides is 2. The molecule has 0 bridgehead atoms. The molecule has 7 heteroatoms. The van der Waals surface area contributed by atoms with Gasteiger partial charge in [0, 0.05) is 23.1 Å². The summed E-state index contributed by atoms with van der Waals surface area (Å²) in [6.07, 6.45) is 0. The van der Waals surface area contributed by atoms with Crippen LogP contribution in [0.1, 0.15) is 0 Å². The number of hydrogen-bond donors (Lipinski definition) is 2. The van der Waals surface area contributed by atoms with Crippen molar-refractivity contribution < 1.29 is 9.18 Å². The third-order valence-electron chi connectivity index (χ3n) is 4.49. The van der Waals surface area contributed by atoms with Crippen molar-refractivity contribution in [2.24, 2.45) is 0 Å². The van der Waals surface area contributed by atoms with Gasteiger partial charge in [-0.2, -0.15) is 0 Å². The summed E-state index contributed by atoms with van der Waals surface area (Å²) in [6, 6.07) is 21.8. The third-order valence-corrected chi connectivity index (χ3v) is 4.98. The number of nitrogens with one attached hydrogen (secondary N) is 2. The standard InChI is InChI=1S/C22H18BrFN4O/c23-16-10-11-18(17(24)14-16)27-22(29)25-12-13-28-20-9-5-4-8-19(20)26-21(28)15-6-2-1-3-7-15/h1-11,14H,12-13H2,(H2,25,27,29). The van der Waals surface area contributed by atoms with Crippen LogP contribution in [-0.4, -0.2) is 22.1 Å². The summed E-state index contributed by atoms with van der Waals surface area (Å²) in [4.78, 5) is 16.9. The number of fused-ring (bicyclic) bond motifs is 1. The predicted octanol–water partition coefficient (Wildman–Crippen LogP) is 5.43. The monoisotopic (exact) mass is 452 g/mol. The maximum absolute atomic E-state index is 13.9. The largest absolute Gasteiger partial charge is 0.336 e. The fourth-order valence-corrected chi connectivity index (χ4v) is 3.48. The van der Waals surface area contributed by atoms with Crippen LogP contribution in [-0.2, 0) is 6.54 Å². The second kappa shape index (κ2) is 8.45. The van der Waals surface area contributed by atoms with Crippen molar-refractivity contribution >= 4 is 38.7 Å². The van der Waals surface area contributed by atoms with Crippen molar-refractivity contribution in [2.75, 3.05) is 11.9 Å². The molecular weight excluding hydrogens is 435 g/mol. The molecule has 5 nitrogen and oxygen atoms in total. The molecule has 4 rings (SSSR count). The molecular formula is C22H18BrFN4O. The first-order valence-electron chi connectivity index (χ1n) is 9.12. The van der Waals surface area contributed by atoms with Crippen LogP contribution in [0.25, 0.3) is 22.4 Å². The fraction of sp³-hybridized carbons (Fsp3) is 0.0909. The van der Waals surface area contributed by atoms with Crippen LogP contribution in [0.5, 0.6) is 0 Å². The predicted molar refractivity (Wildman–Crippen MR) is 116 cm³/mol. The SMILES string of the molecule is O=C(NCCn1c(-c2ccccc2)nc2ccccc21)Nc1ccc(Br)cc1F. The van der Waals surface area contributed by atoms with Crippen molar-refractivity contribution in [1.29, 1.82) is 0 Å². The highest BCUT2D eigenvalue weighted by atomic mass is 79.9. The molecule has 0 saturated heterocycles. The lowest BCUT2D eigenvalue weighted by Crippen LogP contribution is -2.31. The lowest BCUT2D eigenvalue weighted by atomic mass is 10.2. The molecule has 1 heterocycles. The van der Waals surface area contributed by atoms with E-state index >= 15 is 0 Å². The van der Waals surface area contributed by atoms with Crippen LogP contribution in [0, 0.1) is 5.82 Å². The van der Waals surface area contributed by atoms with Gasteiger partial charge in [-0.05, 0) is 30.3 Å². The molecule has 0 saturated carbocycles. The number of para-hydroxylation sites is 2. The molecule has 0 aliphatic rings. The zero-order chi connectivity index (χ0) is 20.2. The average Bonchev–Trinajstić information content (AvgIpc) is 3.10. The lowest BCUT2D eigenvalue weighted by molar-refractivity contribution is 0.251. The Morgan fingerprint density at radius 1 is 1.03 bits per heavy atom. The van der Waals surface area contributed by atoms with E-state index in [1.54, 1.807) is 6.07 Å². The summed E-state index contributed by atoms with van der Waals surface area (Å²) in [5, 5.41) is 5.31. The zero-order valence-electron chi connectivity index (χ0n) is 15.4. The van der Waals surface area contributed by atoms with Gasteiger partial charge in [0.15, 0.2) is 0 Å². The van der Waals surface area contributed by atoms with Gasteiger partial charge in [-0.3, -0.25) is 0 Å². The van der Waals surface area contributed by atoms with E-state index in [1.165, 1.54) is 12.1 Å². The minimum Gasteiger partial charge on any atom is -0.336 e. The highest BCUT2D eigenvalue weighted by Gasteiger charge is 2.13. The molecule has 0 aliphatic carbocycles. The number of carbonyl (C=O) groups is 1. The van der Waals surface area contributed by atoms with E-state index in [0.717, 1.165) is 22.4 Å². The van der Waals surface area contributed by atoms with Crippen molar-refractivity contribution in [2.45, 2.75) is 6.54 Å². The van der Waals surface area contributed by atoms with Crippen molar-refractivity contribution in [3.8, 4) is 11.4 Å². The van der Waals surface area contributed by atoms with Crippen LogP contribution in [0.3, 0.4) is 0 Å². The smallest absolute Gasteiger partial charge is 0.319 e. The van der Waals surface area contributed by atoms with E-state index in [9.17, 15) is 9.18 Å². The number of urea groups is 1. The van der Waals surface area contributed by atoms with Crippen LogP contribution in [0.2, 0.25) is 0 Å². The molecule has 2 N–H and O–H groups in total. The number of anilines is 1. The Morgan fingerprint density at radius 2 is 1.79 bits per heavy atom. The minimum absolute atomic E-state index is 0.128. The Kier molecular flexibility index (Phi) is 5.57. The van der Waals surface area contributed by atoms with Gasteiger partial charge in [-0.1, -0.05) is 58.4 Å². The molecule has 3 aromatic carbocycles. The number of benzene rings is 3. The molecule has 0 atom stereocenters. The van der Waals surface area contributed by atoms with Gasteiger partial charge in [0.2, 0.25) is 0 Å². The Morgan fingerprint density at radius 3 is 2.59 bits per heavy atom. The molecule has 0 fully saturated rings. The van der Waals surface area contributed by atoms with Crippen LogP contribution in [0.15, 0.2) is 77.3 Å². The number of halogens is 2. The maximum atomic E-state index is 13.9. The third kappa shape index (κ3) is 4.30. The number of hydrogen-bond acceptors (Lipinski definition) is 2. The fourth-order valence-electron chi connectivity index (χ4n) is 3.15. The number of carbonyl (C=O) groups excluding carboxylic acids is 1. The lowest BCUT2D eigenvalue weighted by Gasteiger charge is -2.12. The van der Waals surface area contributed by atoms with Crippen molar-refractivity contribution in [3.63, 3.8) is 0 Å². The van der Waals surface area contributed by atoms with E-state index in [0.29, 0.717) is 17.6 Å². The Bertz CT molecular complexity index is 1160. The van der Waals surface area contributed by atoms with Crippen LogP contribution >= 0.6 is 15.9 Å². The molecule has 1 aromatic heterocycles. The summed E-state index contributed by atoms with van der Waals surface area (Å²) in [7, 11) is 0. The van der Waals surface area contributed by atoms with E-state index in [2.05, 4.69) is 31.1 Å². The van der Waals surface area contributed by atoms with Gasteiger partial charge < -0.3 is 15.2 Å². The maximum Gasteiger partial charge on any atom is 0.319 e. The summed E-state index contributed by atoms with van der Waals surface area (Å²) in [5.41, 5.74) is 3.02. The van der Waals surface area contributed by atoms with Gasteiger partial charge in [0.25, 0.3) is 0 Å². The number of nitrogens with zero attached hydrogens (tertiary/aromatic N) is 2. The first kappa shape index (κ1) is 19.1. The Hall–Kier alpha value is -3.19. The van der Waals surface area contributed by atoms with E-state index in [1.807, 2.05) is 54.6 Å². The molecule has 0 radical (unpaired) electrons. The van der Waals surface area contributed by atoms with E-state index < -0.39 is 11.8 Å². The highest BCUT2D eigenvalue weighted by molar-refractivity contribution is 9.10. The second-order valence-electron chi connectivity index (χ2n) is 6.45. The zero-order valence-corrected chi connectivity index (χ0v) is 17.0.